The van der Waals surface area contributed by atoms with E-state index in [0.29, 0.717) is 11.8 Å². The number of hydrogen-bond donors (Lipinski definition) is 0. The van der Waals surface area contributed by atoms with E-state index >= 15 is 0 Å². The van der Waals surface area contributed by atoms with Crippen molar-refractivity contribution in [1.82, 2.24) is 0 Å². The minimum atomic E-state index is -0.0648. The van der Waals surface area contributed by atoms with Crippen molar-refractivity contribution < 1.29 is 4.39 Å². The normalized spacial score (nSPS) is 16.3. The monoisotopic (exact) mass is 192 g/mol. The Balaban J connectivity index is 2.22. The first-order valence-corrected chi connectivity index (χ1v) is 5.44. The lowest BCUT2D eigenvalue weighted by atomic mass is 9.99. The first-order chi connectivity index (χ1) is 6.65. The van der Waals surface area contributed by atoms with Crippen LogP contribution in [0.1, 0.15) is 43.7 Å². The number of hydrogen-bond acceptors (Lipinski definition) is 0. The van der Waals surface area contributed by atoms with E-state index < -0.39 is 0 Å². The Morgan fingerprint density at radius 1 is 1.29 bits per heavy atom. The van der Waals surface area contributed by atoms with Gasteiger partial charge in [-0.15, -0.1) is 0 Å². The lowest BCUT2D eigenvalue weighted by molar-refractivity contribution is 0.610. The molecule has 0 N–H and O–H groups in total. The van der Waals surface area contributed by atoms with Gasteiger partial charge in [-0.2, -0.15) is 0 Å². The molecule has 76 valence electrons. The van der Waals surface area contributed by atoms with Gasteiger partial charge in [0.25, 0.3) is 0 Å². The summed E-state index contributed by atoms with van der Waals surface area (Å²) in [6.07, 6.45) is 3.46. The molecule has 1 aromatic carbocycles. The van der Waals surface area contributed by atoms with Gasteiger partial charge in [-0.1, -0.05) is 19.9 Å². The maximum absolute atomic E-state index is 13.3. The highest BCUT2D eigenvalue weighted by Crippen LogP contribution is 2.40. The van der Waals surface area contributed by atoms with E-state index in [4.69, 9.17) is 0 Å². The first kappa shape index (κ1) is 9.70. The first-order valence-electron chi connectivity index (χ1n) is 5.44. The fourth-order valence-corrected chi connectivity index (χ4v) is 1.92. The van der Waals surface area contributed by atoms with Gasteiger partial charge < -0.3 is 0 Å². The predicted octanol–water partition coefficient (Wildman–Crippen LogP) is 3.90. The zero-order chi connectivity index (χ0) is 10.1. The van der Waals surface area contributed by atoms with Gasteiger partial charge in [0.15, 0.2) is 0 Å². The average molecular weight is 192 g/mol. The highest BCUT2D eigenvalue weighted by atomic mass is 19.1. The quantitative estimate of drug-likeness (QED) is 0.681. The summed E-state index contributed by atoms with van der Waals surface area (Å²) in [5, 5.41) is 0. The fourth-order valence-electron chi connectivity index (χ4n) is 1.92. The van der Waals surface area contributed by atoms with E-state index in [1.165, 1.54) is 18.4 Å². The van der Waals surface area contributed by atoms with Crippen molar-refractivity contribution in [3.63, 3.8) is 0 Å². The van der Waals surface area contributed by atoms with Crippen LogP contribution in [0.3, 0.4) is 0 Å². The van der Waals surface area contributed by atoms with E-state index in [9.17, 15) is 4.39 Å². The molecule has 0 saturated heterocycles. The second-order valence-corrected chi connectivity index (χ2v) is 4.77. The Kier molecular flexibility index (Phi) is 2.58. The van der Waals surface area contributed by atoms with Crippen molar-refractivity contribution in [1.29, 1.82) is 0 Å². The maximum atomic E-state index is 13.3. The Morgan fingerprint density at radius 2 is 2.00 bits per heavy atom. The third kappa shape index (κ3) is 2.34. The van der Waals surface area contributed by atoms with Crippen molar-refractivity contribution in [2.75, 3.05) is 0 Å². The van der Waals surface area contributed by atoms with Gasteiger partial charge in [-0.25, -0.2) is 4.39 Å². The minimum absolute atomic E-state index is 0.0648. The van der Waals surface area contributed by atoms with Crippen molar-refractivity contribution >= 4 is 0 Å². The van der Waals surface area contributed by atoms with Crippen LogP contribution in [0.15, 0.2) is 18.2 Å². The van der Waals surface area contributed by atoms with Crippen molar-refractivity contribution in [3.05, 3.63) is 35.1 Å². The van der Waals surface area contributed by atoms with Crippen LogP contribution in [0.4, 0.5) is 4.39 Å². The van der Waals surface area contributed by atoms with E-state index in [1.54, 1.807) is 12.1 Å². The van der Waals surface area contributed by atoms with Crippen LogP contribution in [-0.2, 0) is 6.42 Å². The second kappa shape index (κ2) is 3.72. The molecule has 14 heavy (non-hydrogen) atoms. The molecular weight excluding hydrogens is 175 g/mol. The van der Waals surface area contributed by atoms with E-state index in [0.717, 1.165) is 12.0 Å². The number of halogens is 1. The van der Waals surface area contributed by atoms with Crippen LogP contribution >= 0.6 is 0 Å². The van der Waals surface area contributed by atoms with Crippen molar-refractivity contribution in [3.8, 4) is 0 Å². The molecule has 0 radical (unpaired) electrons. The topological polar surface area (TPSA) is 0 Å². The van der Waals surface area contributed by atoms with Crippen LogP contribution in [0.2, 0.25) is 0 Å². The summed E-state index contributed by atoms with van der Waals surface area (Å²) in [6, 6.07) is 5.55. The number of benzene rings is 1. The molecule has 1 heteroatoms. The summed E-state index contributed by atoms with van der Waals surface area (Å²) in [5.41, 5.74) is 2.36. The Hall–Kier alpha value is -0.850. The fraction of sp³-hybridized carbons (Fsp3) is 0.538. The molecule has 0 unspecified atom stereocenters. The molecule has 1 aliphatic rings. The van der Waals surface area contributed by atoms with Crippen LogP contribution in [0.25, 0.3) is 0 Å². The van der Waals surface area contributed by atoms with Crippen LogP contribution in [-0.4, -0.2) is 0 Å². The van der Waals surface area contributed by atoms with Crippen LogP contribution in [0, 0.1) is 11.7 Å². The average Bonchev–Trinajstić information content (AvgIpc) is 2.82. The number of rotatable bonds is 3. The zero-order valence-corrected chi connectivity index (χ0v) is 8.89. The molecule has 0 aliphatic heterocycles. The molecule has 0 nitrogen and oxygen atoms in total. The Bertz CT molecular complexity index is 324. The molecule has 0 heterocycles. The summed E-state index contributed by atoms with van der Waals surface area (Å²) in [7, 11) is 0. The minimum Gasteiger partial charge on any atom is -0.207 e. The molecule has 1 aromatic rings. The molecule has 1 saturated carbocycles. The van der Waals surface area contributed by atoms with Gasteiger partial charge in [0.05, 0.1) is 0 Å². The largest absolute Gasteiger partial charge is 0.207 e. The summed E-state index contributed by atoms with van der Waals surface area (Å²) >= 11 is 0. The van der Waals surface area contributed by atoms with Gasteiger partial charge in [0.2, 0.25) is 0 Å². The smallest absolute Gasteiger partial charge is 0.123 e. The van der Waals surface area contributed by atoms with Crippen LogP contribution in [0.5, 0.6) is 0 Å². The lowest BCUT2D eigenvalue weighted by Gasteiger charge is -2.07. The molecule has 0 bridgehead atoms. The molecular formula is C13H17F. The van der Waals surface area contributed by atoms with Gasteiger partial charge in [-0.05, 0) is 54.4 Å². The Labute approximate surface area is 85.1 Å². The molecule has 1 aliphatic carbocycles. The van der Waals surface area contributed by atoms with Gasteiger partial charge >= 0.3 is 0 Å². The van der Waals surface area contributed by atoms with Crippen molar-refractivity contribution in [2.45, 2.75) is 39.0 Å². The predicted molar refractivity (Wildman–Crippen MR) is 56.9 cm³/mol. The molecule has 0 amide bonds. The van der Waals surface area contributed by atoms with Crippen molar-refractivity contribution in [2.24, 2.45) is 5.92 Å². The SMILES string of the molecule is CC(C)Cc1cc(F)cc(C2CC2)c1. The second-order valence-electron chi connectivity index (χ2n) is 4.77. The zero-order valence-electron chi connectivity index (χ0n) is 8.89. The van der Waals surface area contributed by atoms with Gasteiger partial charge in [0, 0.05) is 0 Å². The summed E-state index contributed by atoms with van der Waals surface area (Å²) in [6.45, 7) is 4.34. The van der Waals surface area contributed by atoms with Crippen LogP contribution < -0.4 is 0 Å². The van der Waals surface area contributed by atoms with Gasteiger partial charge in [-0.3, -0.25) is 0 Å². The van der Waals surface area contributed by atoms with E-state index in [1.807, 2.05) is 0 Å². The molecule has 0 aromatic heterocycles. The molecule has 0 spiro atoms. The van der Waals surface area contributed by atoms with E-state index in [-0.39, 0.29) is 5.82 Å². The summed E-state index contributed by atoms with van der Waals surface area (Å²) < 4.78 is 13.3. The summed E-state index contributed by atoms with van der Waals surface area (Å²) in [5.74, 6) is 1.19. The maximum Gasteiger partial charge on any atom is 0.123 e. The van der Waals surface area contributed by atoms with E-state index in [2.05, 4.69) is 19.9 Å². The third-order valence-corrected chi connectivity index (χ3v) is 2.67. The third-order valence-electron chi connectivity index (χ3n) is 2.67. The summed E-state index contributed by atoms with van der Waals surface area (Å²) in [4.78, 5) is 0. The van der Waals surface area contributed by atoms with Gasteiger partial charge in [0.1, 0.15) is 5.82 Å². The lowest BCUT2D eigenvalue weighted by Crippen LogP contribution is -1.96. The molecule has 0 atom stereocenters. The molecule has 1 fully saturated rings. The standard InChI is InChI=1S/C13H17F/c1-9(2)5-10-6-12(11-3-4-11)8-13(14)7-10/h6-9,11H,3-5H2,1-2H3. The molecule has 2 rings (SSSR count). The Morgan fingerprint density at radius 3 is 2.57 bits per heavy atom. The highest BCUT2D eigenvalue weighted by molar-refractivity contribution is 5.30. The highest BCUT2D eigenvalue weighted by Gasteiger charge is 2.24.